The molecule has 0 bridgehead atoms. The fraction of sp³-hybridized carbons (Fsp3) is 0.828. The van der Waals surface area contributed by atoms with Gasteiger partial charge in [-0.1, -0.05) is 229 Å². The molecule has 0 aromatic rings. The largest absolute Gasteiger partial charge is 0.466 e. The van der Waals surface area contributed by atoms with E-state index in [1.165, 1.54) is 186 Å². The van der Waals surface area contributed by atoms with Gasteiger partial charge in [0, 0.05) is 12.8 Å². The van der Waals surface area contributed by atoms with Gasteiger partial charge in [-0.25, -0.2) is 0 Å². The molecule has 0 aromatic heterocycles. The number of allylic oxidation sites excluding steroid dienone is 7. The number of ether oxygens (including phenoxy) is 1. The maximum absolute atomic E-state index is 12.4. The number of nitrogens with one attached hydrogen (secondary N) is 1. The Labute approximate surface area is 397 Å². The molecule has 0 aliphatic carbocycles. The number of amides is 1. The first-order valence-electron chi connectivity index (χ1n) is 27.9. The topological polar surface area (TPSA) is 95.9 Å². The SMILES string of the molecule is CCCCCC/C=C\C/C=C\CCCCCCCCCC(=O)OCCCCCCCCCCC/C=C\CCCCCCCC(=O)NC(CO)C(O)/C=C/CCCCCCCCCCC. The quantitative estimate of drug-likeness (QED) is 0.0321. The van der Waals surface area contributed by atoms with E-state index in [2.05, 4.69) is 55.6 Å². The summed E-state index contributed by atoms with van der Waals surface area (Å²) in [5.41, 5.74) is 0. The lowest BCUT2D eigenvalue weighted by Gasteiger charge is -2.20. The highest BCUT2D eigenvalue weighted by atomic mass is 16.5. The van der Waals surface area contributed by atoms with Gasteiger partial charge in [0.15, 0.2) is 0 Å². The van der Waals surface area contributed by atoms with E-state index in [-0.39, 0.29) is 18.5 Å². The van der Waals surface area contributed by atoms with E-state index in [9.17, 15) is 19.8 Å². The van der Waals surface area contributed by atoms with Gasteiger partial charge >= 0.3 is 5.97 Å². The summed E-state index contributed by atoms with van der Waals surface area (Å²) in [6.07, 6.45) is 67.0. The summed E-state index contributed by atoms with van der Waals surface area (Å²) in [6.45, 7) is 4.85. The predicted molar refractivity (Wildman–Crippen MR) is 278 cm³/mol. The van der Waals surface area contributed by atoms with Gasteiger partial charge in [-0.15, -0.1) is 0 Å². The van der Waals surface area contributed by atoms with E-state index in [1.54, 1.807) is 6.08 Å². The van der Waals surface area contributed by atoms with Crippen LogP contribution < -0.4 is 5.32 Å². The van der Waals surface area contributed by atoms with Crippen LogP contribution in [0.5, 0.6) is 0 Å². The summed E-state index contributed by atoms with van der Waals surface area (Å²) in [6, 6.07) is -0.637. The summed E-state index contributed by atoms with van der Waals surface area (Å²) in [5.74, 6) is -0.0908. The van der Waals surface area contributed by atoms with Gasteiger partial charge < -0.3 is 20.3 Å². The van der Waals surface area contributed by atoms with Crippen molar-refractivity contribution < 1.29 is 24.5 Å². The van der Waals surface area contributed by atoms with Crippen LogP contribution in [0.15, 0.2) is 48.6 Å². The fourth-order valence-corrected chi connectivity index (χ4v) is 8.25. The molecule has 6 heteroatoms. The molecule has 2 atom stereocenters. The number of aliphatic hydroxyl groups excluding tert-OH is 2. The van der Waals surface area contributed by atoms with Gasteiger partial charge in [-0.05, 0) is 89.9 Å². The number of hydrogen-bond acceptors (Lipinski definition) is 5. The van der Waals surface area contributed by atoms with Crippen molar-refractivity contribution in [3.8, 4) is 0 Å². The van der Waals surface area contributed by atoms with Gasteiger partial charge in [0.25, 0.3) is 0 Å². The third-order valence-electron chi connectivity index (χ3n) is 12.6. The molecule has 0 spiro atoms. The normalized spacial score (nSPS) is 13.0. The molecule has 6 nitrogen and oxygen atoms in total. The van der Waals surface area contributed by atoms with Crippen LogP contribution in [-0.2, 0) is 14.3 Å². The lowest BCUT2D eigenvalue weighted by atomic mass is 10.1. The Hall–Kier alpha value is -2.18. The van der Waals surface area contributed by atoms with Crippen molar-refractivity contribution in [2.24, 2.45) is 0 Å². The summed E-state index contributed by atoms with van der Waals surface area (Å²) in [7, 11) is 0. The Balaban J connectivity index is 3.46. The zero-order valence-electron chi connectivity index (χ0n) is 42.5. The molecule has 64 heavy (non-hydrogen) atoms. The van der Waals surface area contributed by atoms with Gasteiger partial charge in [0.05, 0.1) is 25.4 Å². The Bertz CT molecular complexity index is 1080. The van der Waals surface area contributed by atoms with E-state index in [4.69, 9.17) is 4.74 Å². The zero-order valence-corrected chi connectivity index (χ0v) is 42.5. The first-order valence-corrected chi connectivity index (χ1v) is 27.9. The molecule has 2 unspecified atom stereocenters. The standard InChI is InChI=1S/C58H107NO5/c1-3-5-7-9-11-13-15-16-17-18-22-25-28-32-36-40-44-48-52-58(63)64-53-49-45-41-37-33-29-26-23-20-19-21-24-27-31-35-39-43-47-51-57(62)59-55(54-60)56(61)50-46-42-38-34-30-14-12-10-8-6-4-2/h13,15,17-18,21,24,46,50,55-56,60-61H,3-12,14,16,19-20,22-23,25-45,47-49,51-54H2,1-2H3,(H,59,62)/b15-13-,18-17-,24-21-,50-46+. The van der Waals surface area contributed by atoms with Crippen LogP contribution in [0, 0.1) is 0 Å². The number of esters is 1. The average molecular weight is 898 g/mol. The van der Waals surface area contributed by atoms with Crippen LogP contribution >= 0.6 is 0 Å². The number of rotatable bonds is 51. The van der Waals surface area contributed by atoms with Crippen LogP contribution in [0.2, 0.25) is 0 Å². The van der Waals surface area contributed by atoms with Gasteiger partial charge in [-0.2, -0.15) is 0 Å². The van der Waals surface area contributed by atoms with E-state index < -0.39 is 12.1 Å². The van der Waals surface area contributed by atoms with Crippen molar-refractivity contribution >= 4 is 11.9 Å². The Kier molecular flexibility index (Phi) is 51.6. The lowest BCUT2D eigenvalue weighted by molar-refractivity contribution is -0.143. The molecular formula is C58H107NO5. The number of carbonyl (C=O) groups excluding carboxylic acids is 2. The third kappa shape index (κ3) is 49.3. The molecule has 3 N–H and O–H groups in total. The highest BCUT2D eigenvalue weighted by Crippen LogP contribution is 2.15. The van der Waals surface area contributed by atoms with E-state index in [0.717, 1.165) is 70.6 Å². The summed E-state index contributed by atoms with van der Waals surface area (Å²) < 4.78 is 5.48. The predicted octanol–water partition coefficient (Wildman–Crippen LogP) is 17.0. The summed E-state index contributed by atoms with van der Waals surface area (Å²) >= 11 is 0. The minimum Gasteiger partial charge on any atom is -0.466 e. The second kappa shape index (κ2) is 53.4. The third-order valence-corrected chi connectivity index (χ3v) is 12.6. The molecule has 1 amide bonds. The van der Waals surface area contributed by atoms with E-state index in [0.29, 0.717) is 19.4 Å². The van der Waals surface area contributed by atoms with Crippen molar-refractivity contribution in [3.63, 3.8) is 0 Å². The second-order valence-corrected chi connectivity index (χ2v) is 18.9. The van der Waals surface area contributed by atoms with Crippen molar-refractivity contribution in [1.82, 2.24) is 5.32 Å². The highest BCUT2D eigenvalue weighted by molar-refractivity contribution is 5.76. The van der Waals surface area contributed by atoms with Gasteiger partial charge in [-0.3, -0.25) is 9.59 Å². The van der Waals surface area contributed by atoms with Crippen molar-refractivity contribution in [3.05, 3.63) is 48.6 Å². The maximum Gasteiger partial charge on any atom is 0.305 e. The number of hydrogen-bond donors (Lipinski definition) is 3. The molecule has 0 rings (SSSR count). The van der Waals surface area contributed by atoms with Crippen LogP contribution in [0.4, 0.5) is 0 Å². The molecule has 0 radical (unpaired) electrons. The minimum absolute atomic E-state index is 0.00603. The molecule has 0 saturated carbocycles. The molecule has 0 saturated heterocycles. The molecule has 0 fully saturated rings. The van der Waals surface area contributed by atoms with Crippen molar-refractivity contribution in [1.29, 1.82) is 0 Å². The zero-order chi connectivity index (χ0) is 46.5. The molecule has 0 aliphatic rings. The van der Waals surface area contributed by atoms with Crippen LogP contribution in [0.25, 0.3) is 0 Å². The monoisotopic (exact) mass is 898 g/mol. The minimum atomic E-state index is -0.852. The maximum atomic E-state index is 12.4. The summed E-state index contributed by atoms with van der Waals surface area (Å²) in [4.78, 5) is 24.5. The van der Waals surface area contributed by atoms with Crippen LogP contribution in [0.3, 0.4) is 0 Å². The lowest BCUT2D eigenvalue weighted by Crippen LogP contribution is -2.45. The number of carbonyl (C=O) groups is 2. The first kappa shape index (κ1) is 61.8. The molecule has 0 aliphatic heterocycles. The van der Waals surface area contributed by atoms with Crippen LogP contribution in [-0.4, -0.2) is 47.4 Å². The Morgan fingerprint density at radius 1 is 0.438 bits per heavy atom. The molecule has 0 aromatic carbocycles. The van der Waals surface area contributed by atoms with Gasteiger partial charge in [0.2, 0.25) is 5.91 Å². The average Bonchev–Trinajstić information content (AvgIpc) is 3.29. The van der Waals surface area contributed by atoms with E-state index >= 15 is 0 Å². The summed E-state index contributed by atoms with van der Waals surface area (Å²) in [5, 5.41) is 23.0. The van der Waals surface area contributed by atoms with Crippen LogP contribution in [0.1, 0.15) is 284 Å². The van der Waals surface area contributed by atoms with Gasteiger partial charge in [0.1, 0.15) is 0 Å². The Morgan fingerprint density at radius 3 is 1.22 bits per heavy atom. The molecular weight excluding hydrogens is 791 g/mol. The smallest absolute Gasteiger partial charge is 0.305 e. The van der Waals surface area contributed by atoms with Crippen molar-refractivity contribution in [2.45, 2.75) is 296 Å². The first-order chi connectivity index (χ1) is 31.5. The highest BCUT2D eigenvalue weighted by Gasteiger charge is 2.18. The number of aliphatic hydroxyl groups is 2. The Morgan fingerprint density at radius 2 is 0.781 bits per heavy atom. The van der Waals surface area contributed by atoms with Crippen molar-refractivity contribution in [2.75, 3.05) is 13.2 Å². The fourth-order valence-electron chi connectivity index (χ4n) is 8.25. The molecule has 374 valence electrons. The second-order valence-electron chi connectivity index (χ2n) is 18.9. The van der Waals surface area contributed by atoms with E-state index in [1.807, 2.05) is 6.08 Å². The number of unbranched alkanes of at least 4 members (excludes halogenated alkanes) is 34. The molecule has 0 heterocycles.